The van der Waals surface area contributed by atoms with Crippen molar-refractivity contribution in [3.63, 3.8) is 0 Å². The number of halogens is 3. The van der Waals surface area contributed by atoms with Crippen LogP contribution in [0.4, 0.5) is 0 Å². The van der Waals surface area contributed by atoms with Crippen molar-refractivity contribution in [2.24, 2.45) is 0 Å². The van der Waals surface area contributed by atoms with Crippen LogP contribution in [0, 0.1) is 0 Å². The van der Waals surface area contributed by atoms with Crippen molar-refractivity contribution >= 4 is 53.6 Å². The van der Waals surface area contributed by atoms with Crippen LogP contribution >= 0.6 is 47.8 Å². The van der Waals surface area contributed by atoms with E-state index in [4.69, 9.17) is 0 Å². The lowest BCUT2D eigenvalue weighted by molar-refractivity contribution is 0.0990. The second kappa shape index (κ2) is 5.27. The van der Waals surface area contributed by atoms with Crippen molar-refractivity contribution in [2.75, 3.05) is 5.33 Å². The van der Waals surface area contributed by atoms with Gasteiger partial charge in [-0.25, -0.2) is 0 Å². The molecule has 1 aromatic rings. The molecule has 0 saturated carbocycles. The molecule has 13 heavy (non-hydrogen) atoms. The molecule has 70 valence electrons. The number of hydrogen-bond acceptors (Lipinski definition) is 1. The van der Waals surface area contributed by atoms with Crippen molar-refractivity contribution in [2.45, 2.75) is 6.42 Å². The topological polar surface area (TPSA) is 17.1 Å². The van der Waals surface area contributed by atoms with Gasteiger partial charge in [-0.15, -0.1) is 0 Å². The highest BCUT2D eigenvalue weighted by Crippen LogP contribution is 2.24. The van der Waals surface area contributed by atoms with Gasteiger partial charge in [-0.3, -0.25) is 4.79 Å². The van der Waals surface area contributed by atoms with Crippen LogP contribution in [0.25, 0.3) is 0 Å². The predicted molar refractivity (Wildman–Crippen MR) is 64.6 cm³/mol. The van der Waals surface area contributed by atoms with Gasteiger partial charge in [0.1, 0.15) is 0 Å². The maximum Gasteiger partial charge on any atom is 0.163 e. The van der Waals surface area contributed by atoms with Gasteiger partial charge in [-0.1, -0.05) is 22.0 Å². The third-order valence-electron chi connectivity index (χ3n) is 1.56. The van der Waals surface area contributed by atoms with Crippen molar-refractivity contribution in [3.8, 4) is 0 Å². The van der Waals surface area contributed by atoms with E-state index >= 15 is 0 Å². The lowest BCUT2D eigenvalue weighted by atomic mass is 10.1. The molecule has 0 aliphatic rings. The lowest BCUT2D eigenvalue weighted by Gasteiger charge is -2.00. The van der Waals surface area contributed by atoms with Crippen LogP contribution < -0.4 is 0 Å². The van der Waals surface area contributed by atoms with Gasteiger partial charge in [-0.05, 0) is 44.0 Å². The number of carbonyl (C=O) groups is 1. The molecule has 4 heteroatoms. The first-order chi connectivity index (χ1) is 6.15. The summed E-state index contributed by atoms with van der Waals surface area (Å²) in [4.78, 5) is 11.4. The maximum absolute atomic E-state index is 11.4. The first-order valence-corrected chi connectivity index (χ1v) is 6.40. The summed E-state index contributed by atoms with van der Waals surface area (Å²) in [5.41, 5.74) is 0.745. The largest absolute Gasteiger partial charge is 0.294 e. The summed E-state index contributed by atoms with van der Waals surface area (Å²) in [7, 11) is 0. The number of Topliss-reactive ketones (excluding diaryl/α,β-unsaturated/α-hetero) is 1. The minimum absolute atomic E-state index is 0.157. The smallest absolute Gasteiger partial charge is 0.163 e. The Morgan fingerprint density at radius 1 is 1.23 bits per heavy atom. The van der Waals surface area contributed by atoms with Crippen LogP contribution in [-0.4, -0.2) is 11.1 Å². The van der Waals surface area contributed by atoms with E-state index in [-0.39, 0.29) is 5.78 Å². The molecule has 1 nitrogen and oxygen atoms in total. The SMILES string of the molecule is O=C(CCBr)c1ccc(Br)c(Br)c1. The average Bonchev–Trinajstić information content (AvgIpc) is 2.10. The molecule has 0 radical (unpaired) electrons. The number of ketones is 1. The Morgan fingerprint density at radius 3 is 2.46 bits per heavy atom. The molecule has 0 heterocycles. The summed E-state index contributed by atoms with van der Waals surface area (Å²) in [5.74, 6) is 0.157. The average molecular weight is 371 g/mol. The highest BCUT2D eigenvalue weighted by Gasteiger charge is 2.06. The molecule has 0 aliphatic carbocycles. The number of benzene rings is 1. The van der Waals surface area contributed by atoms with Crippen LogP contribution in [0.5, 0.6) is 0 Å². The molecule has 0 N–H and O–H groups in total. The first-order valence-electron chi connectivity index (χ1n) is 3.69. The summed E-state index contributed by atoms with van der Waals surface area (Å²) in [6, 6.07) is 5.51. The summed E-state index contributed by atoms with van der Waals surface area (Å²) in [6.45, 7) is 0. The van der Waals surface area contributed by atoms with Gasteiger partial charge in [-0.2, -0.15) is 0 Å². The van der Waals surface area contributed by atoms with Crippen LogP contribution in [0.3, 0.4) is 0 Å². The van der Waals surface area contributed by atoms with E-state index in [0.29, 0.717) is 11.8 Å². The van der Waals surface area contributed by atoms with E-state index in [1.54, 1.807) is 0 Å². The molecule has 0 fully saturated rings. The zero-order valence-electron chi connectivity index (χ0n) is 6.69. The van der Waals surface area contributed by atoms with Gasteiger partial charge in [0.15, 0.2) is 5.78 Å². The first kappa shape index (κ1) is 11.4. The molecule has 0 spiro atoms. The van der Waals surface area contributed by atoms with E-state index in [0.717, 1.165) is 14.5 Å². The van der Waals surface area contributed by atoms with Gasteiger partial charge < -0.3 is 0 Å². The summed E-state index contributed by atoms with van der Waals surface area (Å²) < 4.78 is 1.87. The number of alkyl halides is 1. The molecule has 1 aromatic carbocycles. The molecule has 0 atom stereocenters. The van der Waals surface area contributed by atoms with E-state index in [2.05, 4.69) is 47.8 Å². The summed E-state index contributed by atoms with van der Waals surface area (Å²) >= 11 is 9.94. The molecule has 0 unspecified atom stereocenters. The molecular formula is C9H7Br3O. The minimum Gasteiger partial charge on any atom is -0.294 e. The number of hydrogen-bond donors (Lipinski definition) is 0. The molecule has 0 bridgehead atoms. The van der Waals surface area contributed by atoms with Crippen molar-refractivity contribution in [1.82, 2.24) is 0 Å². The third kappa shape index (κ3) is 3.18. The molecule has 0 amide bonds. The molecule has 0 aromatic heterocycles. The molecular weight excluding hydrogens is 364 g/mol. The second-order valence-corrected chi connectivity index (χ2v) is 4.99. The zero-order chi connectivity index (χ0) is 9.84. The fourth-order valence-corrected chi connectivity index (χ4v) is 1.89. The minimum atomic E-state index is 0.157. The summed E-state index contributed by atoms with van der Waals surface area (Å²) in [6.07, 6.45) is 0.536. The van der Waals surface area contributed by atoms with Gasteiger partial charge in [0.05, 0.1) is 0 Å². The van der Waals surface area contributed by atoms with Crippen molar-refractivity contribution in [3.05, 3.63) is 32.7 Å². The molecule has 0 aliphatic heterocycles. The van der Waals surface area contributed by atoms with Crippen LogP contribution in [0.1, 0.15) is 16.8 Å². The van der Waals surface area contributed by atoms with E-state index in [1.165, 1.54) is 0 Å². The Hall–Kier alpha value is 0.330. The highest BCUT2D eigenvalue weighted by molar-refractivity contribution is 9.13. The third-order valence-corrected chi connectivity index (χ3v) is 3.84. The predicted octanol–water partition coefficient (Wildman–Crippen LogP) is 4.18. The van der Waals surface area contributed by atoms with Gasteiger partial charge >= 0.3 is 0 Å². The van der Waals surface area contributed by atoms with Crippen LogP contribution in [-0.2, 0) is 0 Å². The molecule has 0 saturated heterocycles. The standard InChI is InChI=1S/C9H7Br3O/c10-4-3-9(13)6-1-2-7(11)8(12)5-6/h1-2,5H,3-4H2. The number of carbonyl (C=O) groups excluding carboxylic acids is 1. The van der Waals surface area contributed by atoms with Crippen molar-refractivity contribution < 1.29 is 4.79 Å². The fourth-order valence-electron chi connectivity index (χ4n) is 0.900. The quantitative estimate of drug-likeness (QED) is 0.576. The van der Waals surface area contributed by atoms with Crippen LogP contribution in [0.15, 0.2) is 27.1 Å². The molecule has 1 rings (SSSR count). The highest BCUT2D eigenvalue weighted by atomic mass is 79.9. The van der Waals surface area contributed by atoms with Gasteiger partial charge in [0, 0.05) is 26.3 Å². The lowest BCUT2D eigenvalue weighted by Crippen LogP contribution is -1.99. The monoisotopic (exact) mass is 368 g/mol. The normalized spacial score (nSPS) is 10.1. The fraction of sp³-hybridized carbons (Fsp3) is 0.222. The maximum atomic E-state index is 11.4. The van der Waals surface area contributed by atoms with E-state index in [1.807, 2.05) is 18.2 Å². The number of rotatable bonds is 3. The Morgan fingerprint density at radius 2 is 1.92 bits per heavy atom. The Kier molecular flexibility index (Phi) is 4.62. The Labute approximate surface area is 102 Å². The Balaban J connectivity index is 2.90. The summed E-state index contributed by atoms with van der Waals surface area (Å²) in [5, 5.41) is 0.708. The van der Waals surface area contributed by atoms with Crippen molar-refractivity contribution in [1.29, 1.82) is 0 Å². The second-order valence-electron chi connectivity index (χ2n) is 2.49. The Bertz CT molecular complexity index is 323. The van der Waals surface area contributed by atoms with Crippen LogP contribution in [0.2, 0.25) is 0 Å². The van der Waals surface area contributed by atoms with Gasteiger partial charge in [0.25, 0.3) is 0 Å². The van der Waals surface area contributed by atoms with Gasteiger partial charge in [0.2, 0.25) is 0 Å². The van der Waals surface area contributed by atoms with E-state index < -0.39 is 0 Å². The zero-order valence-corrected chi connectivity index (χ0v) is 11.4. The van der Waals surface area contributed by atoms with E-state index in [9.17, 15) is 4.79 Å².